The van der Waals surface area contributed by atoms with Crippen molar-refractivity contribution in [3.8, 4) is 0 Å². The molecule has 0 bridgehead atoms. The van der Waals surface area contributed by atoms with Crippen molar-refractivity contribution in [1.29, 1.82) is 0 Å². The predicted octanol–water partition coefficient (Wildman–Crippen LogP) is 5.13. The minimum absolute atomic E-state index is 0.0841. The fourth-order valence-electron chi connectivity index (χ4n) is 3.46. The molecule has 3 N–H and O–H groups in total. The van der Waals surface area contributed by atoms with Gasteiger partial charge < -0.3 is 4.98 Å². The number of para-hydroxylation sites is 1. The normalized spacial score (nSPS) is 11.7. The van der Waals surface area contributed by atoms with Crippen molar-refractivity contribution < 1.29 is 4.39 Å². The van der Waals surface area contributed by atoms with Crippen LogP contribution in [0.3, 0.4) is 0 Å². The molecule has 0 saturated carbocycles. The molecule has 4 aromatic rings. The first-order chi connectivity index (χ1) is 14.8. The van der Waals surface area contributed by atoms with Gasteiger partial charge in [-0.1, -0.05) is 57.2 Å². The first kappa shape index (κ1) is 21.2. The van der Waals surface area contributed by atoms with Gasteiger partial charge >= 0.3 is 0 Å². The van der Waals surface area contributed by atoms with Gasteiger partial charge in [0.25, 0.3) is 5.56 Å². The zero-order chi connectivity index (χ0) is 22.0. The topological polar surface area (TPSA) is 69.8 Å². The highest BCUT2D eigenvalue weighted by atomic mass is 32.1. The summed E-state index contributed by atoms with van der Waals surface area (Å²) in [5, 5.41) is 1.69. The van der Waals surface area contributed by atoms with E-state index in [4.69, 9.17) is 4.98 Å². The summed E-state index contributed by atoms with van der Waals surface area (Å²) >= 11 is 1.50. The van der Waals surface area contributed by atoms with Crippen molar-refractivity contribution in [2.75, 3.05) is 5.43 Å². The molecular formula is C24H25FN4OS. The summed E-state index contributed by atoms with van der Waals surface area (Å²) in [7, 11) is 0. The van der Waals surface area contributed by atoms with Crippen LogP contribution in [0.2, 0.25) is 0 Å². The summed E-state index contributed by atoms with van der Waals surface area (Å²) in [5.41, 5.74) is 8.92. The van der Waals surface area contributed by atoms with Crippen LogP contribution < -0.4 is 16.4 Å². The van der Waals surface area contributed by atoms with Gasteiger partial charge in [-0.05, 0) is 23.6 Å². The van der Waals surface area contributed by atoms with Crippen molar-refractivity contribution in [2.24, 2.45) is 0 Å². The summed E-state index contributed by atoms with van der Waals surface area (Å²) in [4.78, 5) is 21.4. The molecular weight excluding hydrogens is 411 g/mol. The van der Waals surface area contributed by atoms with Gasteiger partial charge in [0, 0.05) is 39.9 Å². The maximum Gasteiger partial charge on any atom is 0.251 e. The van der Waals surface area contributed by atoms with Crippen molar-refractivity contribution in [3.63, 3.8) is 0 Å². The van der Waals surface area contributed by atoms with Crippen molar-refractivity contribution in [3.05, 3.63) is 92.5 Å². The van der Waals surface area contributed by atoms with Gasteiger partial charge in [-0.2, -0.15) is 0 Å². The Morgan fingerprint density at radius 3 is 2.58 bits per heavy atom. The second-order valence-corrected chi connectivity index (χ2v) is 9.58. The van der Waals surface area contributed by atoms with Crippen molar-refractivity contribution in [2.45, 2.75) is 39.2 Å². The highest BCUT2D eigenvalue weighted by molar-refractivity contribution is 7.15. The molecule has 2 aromatic heterocycles. The third kappa shape index (κ3) is 4.84. The van der Waals surface area contributed by atoms with E-state index in [0.29, 0.717) is 29.2 Å². The molecule has 5 nitrogen and oxygen atoms in total. The summed E-state index contributed by atoms with van der Waals surface area (Å²) in [6, 6.07) is 16.4. The Kier molecular flexibility index (Phi) is 5.89. The number of anilines is 1. The number of benzene rings is 2. The number of thiazole rings is 1. The lowest BCUT2D eigenvalue weighted by Gasteiger charge is -2.17. The molecule has 0 spiro atoms. The van der Waals surface area contributed by atoms with E-state index in [-0.39, 0.29) is 16.8 Å². The number of hydrazine groups is 1. The lowest BCUT2D eigenvalue weighted by Crippen LogP contribution is -2.22. The third-order valence-electron chi connectivity index (χ3n) is 5.02. The number of aromatic amines is 1. The molecule has 4 rings (SSSR count). The summed E-state index contributed by atoms with van der Waals surface area (Å²) < 4.78 is 13.8. The number of aromatic nitrogens is 2. The molecule has 0 aliphatic rings. The molecule has 0 radical (unpaired) electrons. The molecule has 0 unspecified atom stereocenters. The molecule has 2 aromatic carbocycles. The lowest BCUT2D eigenvalue weighted by atomic mass is 9.90. The van der Waals surface area contributed by atoms with E-state index in [9.17, 15) is 9.18 Å². The van der Waals surface area contributed by atoms with Crippen LogP contribution in [-0.2, 0) is 18.4 Å². The van der Waals surface area contributed by atoms with Gasteiger partial charge in [0.05, 0.1) is 5.69 Å². The van der Waals surface area contributed by atoms with Crippen LogP contribution in [0, 0.1) is 5.82 Å². The average molecular weight is 437 g/mol. The van der Waals surface area contributed by atoms with Gasteiger partial charge in [-0.15, -0.1) is 11.3 Å². The largest absolute Gasteiger partial charge is 0.322 e. The number of nitrogens with zero attached hydrogens (tertiary/aromatic N) is 1. The SMILES string of the molecule is CC(C)(C)c1nc(NNCc2ccccc2F)sc1Cc1cc2ccccc2[nH]c1=O. The number of rotatable bonds is 6. The molecule has 31 heavy (non-hydrogen) atoms. The molecule has 0 atom stereocenters. The maximum atomic E-state index is 13.8. The fourth-order valence-corrected chi connectivity index (χ4v) is 4.63. The first-order valence-electron chi connectivity index (χ1n) is 10.1. The van der Waals surface area contributed by atoms with Crippen molar-refractivity contribution >= 4 is 27.4 Å². The molecule has 0 aliphatic carbocycles. The zero-order valence-corrected chi connectivity index (χ0v) is 18.6. The van der Waals surface area contributed by atoms with Crippen LogP contribution in [0.15, 0.2) is 59.4 Å². The number of halogens is 1. The van der Waals surface area contributed by atoms with Crippen LogP contribution >= 0.6 is 11.3 Å². The average Bonchev–Trinajstić information content (AvgIpc) is 3.13. The van der Waals surface area contributed by atoms with Gasteiger partial charge in [0.15, 0.2) is 5.13 Å². The minimum Gasteiger partial charge on any atom is -0.322 e. The Morgan fingerprint density at radius 1 is 1.06 bits per heavy atom. The van der Waals surface area contributed by atoms with Crippen LogP contribution in [0.4, 0.5) is 9.52 Å². The van der Waals surface area contributed by atoms with E-state index in [0.717, 1.165) is 21.5 Å². The van der Waals surface area contributed by atoms with E-state index in [2.05, 4.69) is 36.6 Å². The minimum atomic E-state index is -0.248. The number of nitrogens with one attached hydrogen (secondary N) is 3. The summed E-state index contributed by atoms with van der Waals surface area (Å²) in [6.07, 6.45) is 0.499. The number of pyridine rings is 1. The molecule has 2 heterocycles. The van der Waals surface area contributed by atoms with Gasteiger partial charge in [-0.25, -0.2) is 14.8 Å². The van der Waals surface area contributed by atoms with E-state index in [1.165, 1.54) is 17.4 Å². The van der Waals surface area contributed by atoms with Crippen LogP contribution in [0.1, 0.15) is 42.5 Å². The Bertz CT molecular complexity index is 1270. The van der Waals surface area contributed by atoms with Crippen LogP contribution in [-0.4, -0.2) is 9.97 Å². The highest BCUT2D eigenvalue weighted by Crippen LogP contribution is 2.33. The quantitative estimate of drug-likeness (QED) is 0.367. The number of H-pyrrole nitrogens is 1. The van der Waals surface area contributed by atoms with E-state index >= 15 is 0 Å². The number of fused-ring (bicyclic) bond motifs is 1. The lowest BCUT2D eigenvalue weighted by molar-refractivity contribution is 0.567. The monoisotopic (exact) mass is 436 g/mol. The standard InChI is InChI=1S/C24H25FN4OS/c1-24(2,3)21-20(13-17-12-15-8-5-7-11-19(15)27-22(17)30)31-23(28-21)29-26-14-16-9-4-6-10-18(16)25/h4-12,26H,13-14H2,1-3H3,(H,27,30)(H,28,29). The van der Waals surface area contributed by atoms with Crippen LogP contribution in [0.25, 0.3) is 10.9 Å². The zero-order valence-electron chi connectivity index (χ0n) is 17.8. The smallest absolute Gasteiger partial charge is 0.251 e. The van der Waals surface area contributed by atoms with E-state index < -0.39 is 0 Å². The Hall–Kier alpha value is -3.03. The Morgan fingerprint density at radius 2 is 1.81 bits per heavy atom. The molecule has 7 heteroatoms. The second-order valence-electron chi connectivity index (χ2n) is 8.50. The summed E-state index contributed by atoms with van der Waals surface area (Å²) in [6.45, 7) is 6.64. The second kappa shape index (κ2) is 8.61. The third-order valence-corrected chi connectivity index (χ3v) is 5.99. The highest BCUT2D eigenvalue weighted by Gasteiger charge is 2.24. The fraction of sp³-hybridized carbons (Fsp3) is 0.250. The van der Waals surface area contributed by atoms with Gasteiger partial charge in [0.2, 0.25) is 0 Å². The molecule has 0 saturated heterocycles. The molecule has 0 amide bonds. The molecule has 160 valence electrons. The van der Waals surface area contributed by atoms with Gasteiger partial charge in [0.1, 0.15) is 5.82 Å². The van der Waals surface area contributed by atoms with Crippen molar-refractivity contribution in [1.82, 2.24) is 15.4 Å². The first-order valence-corrected chi connectivity index (χ1v) is 11.0. The maximum absolute atomic E-state index is 13.8. The van der Waals surface area contributed by atoms with E-state index in [1.54, 1.807) is 18.2 Å². The van der Waals surface area contributed by atoms with E-state index in [1.807, 2.05) is 30.3 Å². The molecule has 0 aliphatic heterocycles. The molecule has 0 fully saturated rings. The number of hydrogen-bond donors (Lipinski definition) is 3. The predicted molar refractivity (Wildman–Crippen MR) is 125 cm³/mol. The summed E-state index contributed by atoms with van der Waals surface area (Å²) in [5.74, 6) is -0.248. The Labute approximate surface area is 184 Å². The number of hydrogen-bond acceptors (Lipinski definition) is 5. The van der Waals surface area contributed by atoms with Crippen LogP contribution in [0.5, 0.6) is 0 Å². The van der Waals surface area contributed by atoms with Gasteiger partial charge in [-0.3, -0.25) is 10.2 Å². The Balaban J connectivity index is 1.57.